The molecule has 0 saturated carbocycles. The lowest BCUT2D eigenvalue weighted by Crippen LogP contribution is -2.42. The molecule has 0 saturated heterocycles. The Morgan fingerprint density at radius 1 is 1.15 bits per heavy atom. The molecule has 2 atom stereocenters. The minimum Gasteiger partial charge on any atom is -0.464 e. The third-order valence-corrected chi connectivity index (χ3v) is 6.57. The van der Waals surface area contributed by atoms with Crippen molar-refractivity contribution >= 4 is 21.9 Å². The monoisotopic (exact) mass is 494 g/mol. The van der Waals surface area contributed by atoms with Crippen molar-refractivity contribution in [3.63, 3.8) is 0 Å². The van der Waals surface area contributed by atoms with E-state index in [4.69, 9.17) is 14.9 Å². The number of aryl methyl sites for hydroxylation is 1. The van der Waals surface area contributed by atoms with Crippen LogP contribution in [0.1, 0.15) is 73.9 Å². The predicted octanol–water partition coefficient (Wildman–Crippen LogP) is 2.59. The molecule has 1 aromatic heterocycles. The van der Waals surface area contributed by atoms with Crippen LogP contribution < -0.4 is 15.8 Å². The summed E-state index contributed by atoms with van der Waals surface area (Å²) in [4.78, 5) is 29.2. The van der Waals surface area contributed by atoms with Gasteiger partial charge in [0.1, 0.15) is 12.3 Å². The second kappa shape index (κ2) is 13.2. The molecule has 0 bridgehead atoms. The fourth-order valence-corrected chi connectivity index (χ4v) is 4.28. The second-order valence-corrected chi connectivity index (χ2v) is 9.72. The van der Waals surface area contributed by atoms with Gasteiger partial charge in [0.25, 0.3) is 5.91 Å². The standard InChI is InChI=1S/C23H34N4O6S/c1-4-8-18(24)22-27-20(15-33-22)21(28)26-19(23(29)32-5-2)9-6-7-14-25-34(30,31)17-12-10-16(3)11-13-17/h10-13,15,18-19,25H,4-9,14,24H2,1-3H3,(H,26,28). The van der Waals surface area contributed by atoms with Crippen LogP contribution in [0.15, 0.2) is 39.8 Å². The number of carbonyl (C=O) groups excluding carboxylic acids is 2. The number of sulfonamides is 1. The summed E-state index contributed by atoms with van der Waals surface area (Å²) in [6.07, 6.45) is 3.94. The van der Waals surface area contributed by atoms with Crippen LogP contribution >= 0.6 is 0 Å². The normalized spacial score (nSPS) is 13.3. The van der Waals surface area contributed by atoms with Gasteiger partial charge in [-0.05, 0) is 51.7 Å². The Labute approximate surface area is 200 Å². The van der Waals surface area contributed by atoms with Crippen molar-refractivity contribution in [1.82, 2.24) is 15.0 Å². The highest BCUT2D eigenvalue weighted by Crippen LogP contribution is 2.15. The van der Waals surface area contributed by atoms with Crippen LogP contribution in [-0.2, 0) is 19.6 Å². The molecule has 188 valence electrons. The molecule has 4 N–H and O–H groups in total. The smallest absolute Gasteiger partial charge is 0.328 e. The van der Waals surface area contributed by atoms with E-state index in [9.17, 15) is 18.0 Å². The van der Waals surface area contributed by atoms with Crippen LogP contribution in [0.4, 0.5) is 0 Å². The molecular weight excluding hydrogens is 460 g/mol. The summed E-state index contributed by atoms with van der Waals surface area (Å²) in [5.74, 6) is -0.875. The van der Waals surface area contributed by atoms with Crippen molar-refractivity contribution in [2.45, 2.75) is 69.9 Å². The fraction of sp³-hybridized carbons (Fsp3) is 0.522. The van der Waals surface area contributed by atoms with Crippen molar-refractivity contribution < 1.29 is 27.2 Å². The number of nitrogens with two attached hydrogens (primary N) is 1. The summed E-state index contributed by atoms with van der Waals surface area (Å²) in [5, 5.41) is 2.62. The molecule has 0 aliphatic heterocycles. The van der Waals surface area contributed by atoms with E-state index in [1.165, 1.54) is 6.26 Å². The number of aromatic nitrogens is 1. The highest BCUT2D eigenvalue weighted by atomic mass is 32.2. The van der Waals surface area contributed by atoms with Crippen LogP contribution in [0, 0.1) is 6.92 Å². The van der Waals surface area contributed by atoms with Crippen molar-refractivity contribution in [3.8, 4) is 0 Å². The van der Waals surface area contributed by atoms with Gasteiger partial charge in [-0.25, -0.2) is 22.9 Å². The Bertz CT molecular complexity index is 1040. The largest absolute Gasteiger partial charge is 0.464 e. The van der Waals surface area contributed by atoms with Gasteiger partial charge in [0.15, 0.2) is 5.69 Å². The number of unbranched alkanes of at least 4 members (excludes halogenated alkanes) is 1. The number of rotatable bonds is 14. The van der Waals surface area contributed by atoms with E-state index in [0.717, 1.165) is 12.0 Å². The van der Waals surface area contributed by atoms with Gasteiger partial charge in [-0.2, -0.15) is 0 Å². The number of nitrogens with one attached hydrogen (secondary N) is 2. The lowest BCUT2D eigenvalue weighted by Gasteiger charge is -2.16. The number of carbonyl (C=O) groups is 2. The maximum atomic E-state index is 12.6. The summed E-state index contributed by atoms with van der Waals surface area (Å²) in [5.41, 5.74) is 6.96. The molecule has 10 nitrogen and oxygen atoms in total. The SMILES string of the molecule is CCCC(N)c1nc(C(=O)NC(CCCCNS(=O)(=O)c2ccc(C)cc2)C(=O)OCC)co1. The third-order valence-electron chi connectivity index (χ3n) is 5.09. The maximum absolute atomic E-state index is 12.6. The van der Waals surface area contributed by atoms with Crippen molar-refractivity contribution in [2.75, 3.05) is 13.2 Å². The van der Waals surface area contributed by atoms with E-state index in [-0.39, 0.29) is 36.1 Å². The number of nitrogens with zero attached hydrogens (tertiary/aromatic N) is 1. The van der Waals surface area contributed by atoms with Gasteiger partial charge in [0.2, 0.25) is 15.9 Å². The highest BCUT2D eigenvalue weighted by molar-refractivity contribution is 7.89. The highest BCUT2D eigenvalue weighted by Gasteiger charge is 2.25. The van der Waals surface area contributed by atoms with Gasteiger partial charge >= 0.3 is 5.97 Å². The van der Waals surface area contributed by atoms with Crippen LogP contribution in [0.3, 0.4) is 0 Å². The lowest BCUT2D eigenvalue weighted by atomic mass is 10.1. The minimum atomic E-state index is -3.61. The maximum Gasteiger partial charge on any atom is 0.328 e. The molecule has 1 aromatic carbocycles. The summed E-state index contributed by atoms with van der Waals surface area (Å²) in [7, 11) is -3.61. The first-order valence-electron chi connectivity index (χ1n) is 11.4. The van der Waals surface area contributed by atoms with Gasteiger partial charge in [-0.1, -0.05) is 31.0 Å². The van der Waals surface area contributed by atoms with Gasteiger partial charge in [0, 0.05) is 6.54 Å². The van der Waals surface area contributed by atoms with Gasteiger partial charge in [-0.3, -0.25) is 4.79 Å². The van der Waals surface area contributed by atoms with Crippen LogP contribution in [0.25, 0.3) is 0 Å². The Balaban J connectivity index is 1.89. The summed E-state index contributed by atoms with van der Waals surface area (Å²) < 4.78 is 37.6. The zero-order valence-corrected chi connectivity index (χ0v) is 20.7. The molecule has 0 spiro atoms. The molecule has 2 rings (SSSR count). The number of amides is 1. The fourth-order valence-electron chi connectivity index (χ4n) is 3.20. The molecule has 1 amide bonds. The number of hydrogen-bond acceptors (Lipinski definition) is 8. The Hall–Kier alpha value is -2.76. The van der Waals surface area contributed by atoms with E-state index in [1.54, 1.807) is 31.2 Å². The average Bonchev–Trinajstić information content (AvgIpc) is 3.29. The second-order valence-electron chi connectivity index (χ2n) is 7.95. The molecule has 0 aliphatic rings. The molecule has 34 heavy (non-hydrogen) atoms. The Kier molecular flexibility index (Phi) is 10.7. The molecule has 0 aliphatic carbocycles. The predicted molar refractivity (Wildman–Crippen MR) is 126 cm³/mol. The average molecular weight is 495 g/mol. The number of oxazole rings is 1. The minimum absolute atomic E-state index is 0.0294. The third kappa shape index (κ3) is 8.23. The zero-order chi connectivity index (χ0) is 25.1. The van der Waals surface area contributed by atoms with E-state index in [2.05, 4.69) is 15.0 Å². The van der Waals surface area contributed by atoms with Crippen molar-refractivity contribution in [3.05, 3.63) is 47.7 Å². The molecule has 0 radical (unpaired) electrons. The lowest BCUT2D eigenvalue weighted by molar-refractivity contribution is -0.145. The Morgan fingerprint density at radius 3 is 2.50 bits per heavy atom. The molecule has 0 fully saturated rings. The molecular formula is C23H34N4O6S. The first kappa shape index (κ1) is 27.5. The van der Waals surface area contributed by atoms with Gasteiger partial charge in [0.05, 0.1) is 17.5 Å². The summed E-state index contributed by atoms with van der Waals surface area (Å²) in [6.45, 7) is 5.90. The van der Waals surface area contributed by atoms with Crippen molar-refractivity contribution in [1.29, 1.82) is 0 Å². The number of hydrogen-bond donors (Lipinski definition) is 3. The van der Waals surface area contributed by atoms with E-state index < -0.39 is 34.0 Å². The van der Waals surface area contributed by atoms with Gasteiger partial charge in [-0.15, -0.1) is 0 Å². The molecule has 11 heteroatoms. The zero-order valence-electron chi connectivity index (χ0n) is 19.9. The summed E-state index contributed by atoms with van der Waals surface area (Å²) >= 11 is 0. The quantitative estimate of drug-likeness (QED) is 0.267. The van der Waals surface area contributed by atoms with Crippen LogP contribution in [-0.4, -0.2) is 44.5 Å². The van der Waals surface area contributed by atoms with Crippen LogP contribution in [0.5, 0.6) is 0 Å². The van der Waals surface area contributed by atoms with Crippen LogP contribution in [0.2, 0.25) is 0 Å². The van der Waals surface area contributed by atoms with Crippen molar-refractivity contribution in [2.24, 2.45) is 5.73 Å². The van der Waals surface area contributed by atoms with Gasteiger partial charge < -0.3 is 20.2 Å². The van der Waals surface area contributed by atoms with E-state index in [1.807, 2.05) is 13.8 Å². The molecule has 2 aromatic rings. The Morgan fingerprint density at radius 2 is 1.85 bits per heavy atom. The number of benzene rings is 1. The molecule has 2 unspecified atom stereocenters. The van der Waals surface area contributed by atoms with E-state index in [0.29, 0.717) is 19.3 Å². The summed E-state index contributed by atoms with van der Waals surface area (Å²) in [6, 6.07) is 5.26. The van der Waals surface area contributed by atoms with E-state index >= 15 is 0 Å². The number of esters is 1. The first-order valence-corrected chi connectivity index (χ1v) is 12.9. The topological polar surface area (TPSA) is 154 Å². The first-order chi connectivity index (χ1) is 16.2. The molecule has 1 heterocycles. The number of ether oxygens (including phenoxy) is 1.